The molecule has 0 unspecified atom stereocenters. The molecule has 0 aliphatic carbocycles. The van der Waals surface area contributed by atoms with Crippen LogP contribution in [0.15, 0.2) is 0 Å². The van der Waals surface area contributed by atoms with Gasteiger partial charge < -0.3 is 10.1 Å². The number of halogens is 4. The molecule has 0 spiro atoms. The van der Waals surface area contributed by atoms with Gasteiger partial charge in [-0.25, -0.2) is 4.39 Å². The van der Waals surface area contributed by atoms with E-state index in [9.17, 15) is 17.6 Å². The van der Waals surface area contributed by atoms with Crippen LogP contribution in [0.2, 0.25) is 0 Å². The Balaban J connectivity index is 1.92. The first-order valence-corrected chi connectivity index (χ1v) is 5.83. The predicted octanol–water partition coefficient (Wildman–Crippen LogP) is 1.38. The Morgan fingerprint density at radius 2 is 1.74 bits per heavy atom. The molecule has 0 saturated carbocycles. The number of pyridine rings is 1. The standard InChI is InChI=1S/C11H13F4N3O/c12-7-8(13)10(15)17-11(9(7)14)16-1-2-18-3-5-19-6-4-18/h1-6H2,(H,16,17). The van der Waals surface area contributed by atoms with E-state index in [4.69, 9.17) is 4.74 Å². The molecule has 2 rings (SSSR count). The molecular weight excluding hydrogens is 266 g/mol. The summed E-state index contributed by atoms with van der Waals surface area (Å²) in [5.74, 6) is -7.56. The lowest BCUT2D eigenvalue weighted by Crippen LogP contribution is -2.39. The molecular formula is C11H13F4N3O. The van der Waals surface area contributed by atoms with E-state index < -0.39 is 29.2 Å². The number of anilines is 1. The Morgan fingerprint density at radius 3 is 2.42 bits per heavy atom. The van der Waals surface area contributed by atoms with Crippen molar-refractivity contribution in [1.82, 2.24) is 9.88 Å². The molecule has 1 N–H and O–H groups in total. The van der Waals surface area contributed by atoms with Crippen molar-refractivity contribution in [1.29, 1.82) is 0 Å². The maximum Gasteiger partial charge on any atom is 0.254 e. The van der Waals surface area contributed by atoms with Gasteiger partial charge in [0.25, 0.3) is 5.95 Å². The zero-order valence-corrected chi connectivity index (χ0v) is 10.1. The monoisotopic (exact) mass is 279 g/mol. The SMILES string of the molecule is Fc1nc(NCCN2CCOCC2)c(F)c(F)c1F. The summed E-state index contributed by atoms with van der Waals surface area (Å²) < 4.78 is 56.9. The van der Waals surface area contributed by atoms with Crippen LogP contribution in [-0.4, -0.2) is 49.3 Å². The van der Waals surface area contributed by atoms with Crippen LogP contribution in [-0.2, 0) is 4.74 Å². The third kappa shape index (κ3) is 3.32. The molecule has 2 heterocycles. The van der Waals surface area contributed by atoms with Crippen molar-refractivity contribution in [3.05, 3.63) is 23.4 Å². The molecule has 0 radical (unpaired) electrons. The number of morpholine rings is 1. The topological polar surface area (TPSA) is 37.4 Å². The number of hydrogen-bond donors (Lipinski definition) is 1. The van der Waals surface area contributed by atoms with Gasteiger partial charge in [0.15, 0.2) is 5.82 Å². The average Bonchev–Trinajstić information content (AvgIpc) is 2.43. The molecule has 106 valence electrons. The van der Waals surface area contributed by atoms with Crippen molar-refractivity contribution in [2.75, 3.05) is 44.7 Å². The van der Waals surface area contributed by atoms with E-state index in [1.807, 2.05) is 4.90 Å². The van der Waals surface area contributed by atoms with Gasteiger partial charge in [-0.15, -0.1) is 0 Å². The zero-order chi connectivity index (χ0) is 13.8. The first-order valence-electron chi connectivity index (χ1n) is 5.83. The molecule has 1 aromatic heterocycles. The predicted molar refractivity (Wildman–Crippen MR) is 59.8 cm³/mol. The molecule has 0 aromatic carbocycles. The number of hydrogen-bond acceptors (Lipinski definition) is 4. The summed E-state index contributed by atoms with van der Waals surface area (Å²) in [7, 11) is 0. The molecule has 19 heavy (non-hydrogen) atoms. The number of nitrogens with one attached hydrogen (secondary N) is 1. The fraction of sp³-hybridized carbons (Fsp3) is 0.545. The van der Waals surface area contributed by atoms with Gasteiger partial charge in [0.2, 0.25) is 17.5 Å². The van der Waals surface area contributed by atoms with E-state index in [0.717, 1.165) is 13.1 Å². The lowest BCUT2D eigenvalue weighted by molar-refractivity contribution is 0.0398. The fourth-order valence-corrected chi connectivity index (χ4v) is 1.76. The summed E-state index contributed by atoms with van der Waals surface area (Å²) in [4.78, 5) is 5.05. The third-order valence-electron chi connectivity index (χ3n) is 2.81. The van der Waals surface area contributed by atoms with Crippen molar-refractivity contribution in [3.8, 4) is 0 Å². The van der Waals surface area contributed by atoms with Crippen molar-refractivity contribution >= 4 is 5.82 Å². The lowest BCUT2D eigenvalue weighted by atomic mass is 10.3. The van der Waals surface area contributed by atoms with Crippen LogP contribution in [0, 0.1) is 23.4 Å². The summed E-state index contributed by atoms with van der Waals surface area (Å²) in [6, 6.07) is 0. The third-order valence-corrected chi connectivity index (χ3v) is 2.81. The highest BCUT2D eigenvalue weighted by Gasteiger charge is 2.20. The molecule has 1 saturated heterocycles. The van der Waals surface area contributed by atoms with Crippen LogP contribution < -0.4 is 5.32 Å². The maximum atomic E-state index is 13.3. The van der Waals surface area contributed by atoms with Crippen molar-refractivity contribution in [2.45, 2.75) is 0 Å². The number of ether oxygens (including phenoxy) is 1. The maximum absolute atomic E-state index is 13.3. The van der Waals surface area contributed by atoms with E-state index in [-0.39, 0.29) is 6.54 Å². The molecule has 1 aliphatic rings. The first kappa shape index (κ1) is 14.0. The van der Waals surface area contributed by atoms with Gasteiger partial charge in [-0.05, 0) is 0 Å². The Labute approximate surface area is 107 Å². The lowest BCUT2D eigenvalue weighted by Gasteiger charge is -2.26. The number of nitrogens with zero attached hydrogens (tertiary/aromatic N) is 2. The zero-order valence-electron chi connectivity index (χ0n) is 10.1. The average molecular weight is 279 g/mol. The fourth-order valence-electron chi connectivity index (χ4n) is 1.76. The highest BCUT2D eigenvalue weighted by Crippen LogP contribution is 2.18. The van der Waals surface area contributed by atoms with Crippen molar-refractivity contribution in [2.24, 2.45) is 0 Å². The van der Waals surface area contributed by atoms with E-state index in [0.29, 0.717) is 19.8 Å². The molecule has 4 nitrogen and oxygen atoms in total. The second kappa shape index (κ2) is 6.16. The largest absolute Gasteiger partial charge is 0.379 e. The highest BCUT2D eigenvalue weighted by atomic mass is 19.2. The van der Waals surface area contributed by atoms with Gasteiger partial charge in [0, 0.05) is 26.2 Å². The van der Waals surface area contributed by atoms with Gasteiger partial charge >= 0.3 is 0 Å². The molecule has 0 amide bonds. The summed E-state index contributed by atoms with van der Waals surface area (Å²) >= 11 is 0. The Hall–Kier alpha value is -1.41. The highest BCUT2D eigenvalue weighted by molar-refractivity contribution is 5.37. The normalized spacial score (nSPS) is 16.6. The molecule has 8 heteroatoms. The smallest absolute Gasteiger partial charge is 0.254 e. The van der Waals surface area contributed by atoms with E-state index in [1.54, 1.807) is 0 Å². The Bertz CT molecular complexity index is 452. The van der Waals surface area contributed by atoms with Crippen molar-refractivity contribution < 1.29 is 22.3 Å². The summed E-state index contributed by atoms with van der Waals surface area (Å²) in [6.07, 6.45) is 0. The van der Waals surface area contributed by atoms with Crippen LogP contribution in [0.4, 0.5) is 23.4 Å². The summed E-state index contributed by atoms with van der Waals surface area (Å²) in [6.45, 7) is 3.51. The summed E-state index contributed by atoms with van der Waals surface area (Å²) in [5.41, 5.74) is 0. The van der Waals surface area contributed by atoms with Gasteiger partial charge in [-0.1, -0.05) is 0 Å². The van der Waals surface area contributed by atoms with Crippen molar-refractivity contribution in [3.63, 3.8) is 0 Å². The quantitative estimate of drug-likeness (QED) is 0.667. The van der Waals surface area contributed by atoms with E-state index in [2.05, 4.69) is 10.3 Å². The van der Waals surface area contributed by atoms with Gasteiger partial charge in [-0.2, -0.15) is 18.2 Å². The van der Waals surface area contributed by atoms with E-state index >= 15 is 0 Å². The number of aromatic nitrogens is 1. The van der Waals surface area contributed by atoms with Crippen LogP contribution in [0.25, 0.3) is 0 Å². The molecule has 1 aromatic rings. The molecule has 1 fully saturated rings. The van der Waals surface area contributed by atoms with Gasteiger partial charge in [-0.3, -0.25) is 4.90 Å². The van der Waals surface area contributed by atoms with Crippen LogP contribution in [0.5, 0.6) is 0 Å². The molecule has 1 aliphatic heterocycles. The second-order valence-electron chi connectivity index (χ2n) is 4.07. The minimum Gasteiger partial charge on any atom is -0.379 e. The Morgan fingerprint density at radius 1 is 1.05 bits per heavy atom. The molecule has 0 atom stereocenters. The van der Waals surface area contributed by atoms with Crippen LogP contribution in [0.1, 0.15) is 0 Å². The van der Waals surface area contributed by atoms with Gasteiger partial charge in [0.05, 0.1) is 13.2 Å². The van der Waals surface area contributed by atoms with Crippen LogP contribution >= 0.6 is 0 Å². The molecule has 0 bridgehead atoms. The minimum absolute atomic E-state index is 0.244. The minimum atomic E-state index is -1.91. The van der Waals surface area contributed by atoms with Crippen LogP contribution in [0.3, 0.4) is 0 Å². The summed E-state index contributed by atoms with van der Waals surface area (Å²) in [5, 5.41) is 2.45. The van der Waals surface area contributed by atoms with Gasteiger partial charge in [0.1, 0.15) is 0 Å². The van der Waals surface area contributed by atoms with E-state index in [1.165, 1.54) is 0 Å². The second-order valence-corrected chi connectivity index (χ2v) is 4.07. The number of rotatable bonds is 4. The Kier molecular flexibility index (Phi) is 4.54. The first-order chi connectivity index (χ1) is 9.09.